The summed E-state index contributed by atoms with van der Waals surface area (Å²) in [5, 5.41) is 0.746. The van der Waals surface area contributed by atoms with Crippen molar-refractivity contribution in [2.24, 2.45) is 5.92 Å². The van der Waals surface area contributed by atoms with E-state index >= 15 is 0 Å². The van der Waals surface area contributed by atoms with Gasteiger partial charge in [0.25, 0.3) is 0 Å². The molecular weight excluding hydrogens is 422 g/mol. The summed E-state index contributed by atoms with van der Waals surface area (Å²) in [5.74, 6) is 0.372. The second-order valence-corrected chi connectivity index (χ2v) is 10.9. The number of halogens is 1. The van der Waals surface area contributed by atoms with Gasteiger partial charge < -0.3 is 4.90 Å². The molecule has 1 aromatic rings. The number of rotatable bonds is 7. The number of benzene rings is 1. The molecule has 168 valence electrons. The quantitative estimate of drug-likeness (QED) is 0.633. The Balaban J connectivity index is 1.47. The van der Waals surface area contributed by atoms with Crippen LogP contribution in [0.1, 0.15) is 44.6 Å². The van der Waals surface area contributed by atoms with Crippen LogP contribution in [-0.2, 0) is 21.4 Å². The van der Waals surface area contributed by atoms with E-state index in [2.05, 4.69) is 17.0 Å². The summed E-state index contributed by atoms with van der Waals surface area (Å²) >= 11 is 5.97. The van der Waals surface area contributed by atoms with Crippen molar-refractivity contribution in [1.29, 1.82) is 0 Å². The second-order valence-electron chi connectivity index (χ2n) is 8.42. The van der Waals surface area contributed by atoms with Gasteiger partial charge in [0.05, 0.1) is 5.75 Å². The molecule has 8 heteroatoms. The van der Waals surface area contributed by atoms with Gasteiger partial charge in [-0.1, -0.05) is 37.1 Å². The van der Waals surface area contributed by atoms with Crippen LogP contribution in [0.5, 0.6) is 0 Å². The van der Waals surface area contributed by atoms with Crippen molar-refractivity contribution in [3.05, 3.63) is 34.9 Å². The molecule has 2 aliphatic heterocycles. The molecule has 1 aromatic carbocycles. The van der Waals surface area contributed by atoms with Crippen molar-refractivity contribution in [1.82, 2.24) is 14.1 Å². The fourth-order valence-corrected chi connectivity index (χ4v) is 6.10. The van der Waals surface area contributed by atoms with Crippen LogP contribution >= 0.6 is 11.6 Å². The van der Waals surface area contributed by atoms with Crippen LogP contribution in [0.3, 0.4) is 0 Å². The lowest BCUT2D eigenvalue weighted by atomic mass is 9.96. The zero-order valence-electron chi connectivity index (χ0n) is 17.9. The molecule has 0 spiro atoms. The molecule has 2 aliphatic rings. The molecule has 0 atom stereocenters. The molecule has 0 aliphatic carbocycles. The molecule has 0 radical (unpaired) electrons. The van der Waals surface area contributed by atoms with Gasteiger partial charge in [-0.2, -0.15) is 0 Å². The summed E-state index contributed by atoms with van der Waals surface area (Å²) in [6.07, 6.45) is 3.80. The number of sulfonamides is 1. The highest BCUT2D eigenvalue weighted by atomic mass is 35.5. The molecule has 0 N–H and O–H groups in total. The van der Waals surface area contributed by atoms with Crippen LogP contribution < -0.4 is 0 Å². The number of carbonyl (C=O) groups excluding carboxylic acids is 1. The van der Waals surface area contributed by atoms with Crippen molar-refractivity contribution in [3.63, 3.8) is 0 Å². The van der Waals surface area contributed by atoms with Crippen molar-refractivity contribution in [2.45, 2.75) is 45.6 Å². The van der Waals surface area contributed by atoms with Crippen molar-refractivity contribution >= 4 is 27.5 Å². The van der Waals surface area contributed by atoms with E-state index < -0.39 is 10.0 Å². The van der Waals surface area contributed by atoms with Gasteiger partial charge in [0.2, 0.25) is 15.9 Å². The molecule has 2 saturated heterocycles. The van der Waals surface area contributed by atoms with Gasteiger partial charge in [-0.05, 0) is 43.4 Å². The Bertz CT molecular complexity index is 792. The molecule has 0 bridgehead atoms. The number of carbonyl (C=O) groups is 1. The Kier molecular flexibility index (Phi) is 8.57. The van der Waals surface area contributed by atoms with E-state index in [1.54, 1.807) is 4.31 Å². The molecule has 0 saturated carbocycles. The monoisotopic (exact) mass is 455 g/mol. The Morgan fingerprint density at radius 2 is 1.73 bits per heavy atom. The third kappa shape index (κ3) is 6.42. The molecule has 0 unspecified atom stereocenters. The zero-order valence-corrected chi connectivity index (χ0v) is 19.5. The van der Waals surface area contributed by atoms with Gasteiger partial charge in [0.15, 0.2) is 0 Å². The summed E-state index contributed by atoms with van der Waals surface area (Å²) < 4.78 is 26.4. The van der Waals surface area contributed by atoms with E-state index in [-0.39, 0.29) is 17.6 Å². The van der Waals surface area contributed by atoms with Crippen molar-refractivity contribution in [3.8, 4) is 0 Å². The number of nitrogens with zero attached hydrogens (tertiary/aromatic N) is 3. The van der Waals surface area contributed by atoms with E-state index in [1.165, 1.54) is 5.56 Å². The van der Waals surface area contributed by atoms with Gasteiger partial charge in [0.1, 0.15) is 0 Å². The number of hydrogen-bond donors (Lipinski definition) is 0. The molecule has 6 nitrogen and oxygen atoms in total. The summed E-state index contributed by atoms with van der Waals surface area (Å²) in [7, 11) is -3.17. The maximum absolute atomic E-state index is 13.1. The molecule has 0 aromatic heterocycles. The first-order chi connectivity index (χ1) is 14.4. The van der Waals surface area contributed by atoms with E-state index in [0.29, 0.717) is 32.4 Å². The smallest absolute Gasteiger partial charge is 0.225 e. The maximum atomic E-state index is 13.1. The minimum atomic E-state index is -3.17. The Morgan fingerprint density at radius 3 is 2.40 bits per heavy atom. The van der Waals surface area contributed by atoms with E-state index in [9.17, 15) is 13.2 Å². The Hall–Kier alpha value is -1.15. The fraction of sp³-hybridized carbons (Fsp3) is 0.682. The first kappa shape index (κ1) is 23.5. The largest absolute Gasteiger partial charge is 0.341 e. The van der Waals surface area contributed by atoms with Crippen LogP contribution in [0.25, 0.3) is 0 Å². The normalized spacial score (nSPS) is 20.3. The third-order valence-corrected chi connectivity index (χ3v) is 8.38. The zero-order chi connectivity index (χ0) is 21.6. The predicted octanol–water partition coefficient (Wildman–Crippen LogP) is 3.22. The molecule has 2 heterocycles. The minimum Gasteiger partial charge on any atom is -0.341 e. The lowest BCUT2D eigenvalue weighted by Gasteiger charge is -2.33. The van der Waals surface area contributed by atoms with Crippen LogP contribution in [0.15, 0.2) is 24.3 Å². The van der Waals surface area contributed by atoms with Gasteiger partial charge in [-0.25, -0.2) is 12.7 Å². The molecular formula is C22H34ClN3O3S. The lowest BCUT2D eigenvalue weighted by Crippen LogP contribution is -2.45. The van der Waals surface area contributed by atoms with E-state index in [4.69, 9.17) is 11.6 Å². The van der Waals surface area contributed by atoms with Crippen LogP contribution in [-0.4, -0.2) is 73.5 Å². The SMILES string of the molecule is CCCCS(=O)(=O)N1CCC(C(=O)N2CCCN(Cc3ccc(Cl)cc3)CC2)CC1. The topological polar surface area (TPSA) is 60.9 Å². The summed E-state index contributed by atoms with van der Waals surface area (Å²) in [5.41, 5.74) is 1.23. The lowest BCUT2D eigenvalue weighted by molar-refractivity contribution is -0.136. The van der Waals surface area contributed by atoms with E-state index in [0.717, 1.165) is 50.6 Å². The second kappa shape index (κ2) is 10.9. The van der Waals surface area contributed by atoms with Crippen LogP contribution in [0.4, 0.5) is 0 Å². The maximum Gasteiger partial charge on any atom is 0.225 e. The summed E-state index contributed by atoms with van der Waals surface area (Å²) in [6, 6.07) is 7.94. The fourth-order valence-electron chi connectivity index (χ4n) is 4.29. The van der Waals surface area contributed by atoms with E-state index in [1.807, 2.05) is 24.0 Å². The molecule has 30 heavy (non-hydrogen) atoms. The Labute approximate surface area is 186 Å². The summed E-state index contributed by atoms with van der Waals surface area (Å²) in [6.45, 7) is 7.16. The molecule has 3 rings (SSSR count). The first-order valence-electron chi connectivity index (χ1n) is 11.1. The number of unbranched alkanes of at least 4 members (excludes halogenated alkanes) is 1. The average molecular weight is 456 g/mol. The first-order valence-corrected chi connectivity index (χ1v) is 13.1. The van der Waals surface area contributed by atoms with Crippen molar-refractivity contribution < 1.29 is 13.2 Å². The highest BCUT2D eigenvalue weighted by Gasteiger charge is 2.33. The number of piperidine rings is 1. The van der Waals surface area contributed by atoms with Gasteiger partial charge >= 0.3 is 0 Å². The molecule has 2 fully saturated rings. The third-order valence-electron chi connectivity index (χ3n) is 6.17. The predicted molar refractivity (Wildman–Crippen MR) is 121 cm³/mol. The van der Waals surface area contributed by atoms with Crippen molar-refractivity contribution in [2.75, 3.05) is 45.0 Å². The number of hydrogen-bond acceptors (Lipinski definition) is 4. The highest BCUT2D eigenvalue weighted by molar-refractivity contribution is 7.89. The van der Waals surface area contributed by atoms with Crippen LogP contribution in [0, 0.1) is 5.92 Å². The van der Waals surface area contributed by atoms with Crippen LogP contribution in [0.2, 0.25) is 5.02 Å². The highest BCUT2D eigenvalue weighted by Crippen LogP contribution is 2.23. The average Bonchev–Trinajstić information content (AvgIpc) is 2.99. The minimum absolute atomic E-state index is 0.0505. The number of amides is 1. The van der Waals surface area contributed by atoms with Gasteiger partial charge in [-0.3, -0.25) is 9.69 Å². The van der Waals surface area contributed by atoms with Gasteiger partial charge in [0, 0.05) is 56.8 Å². The standard InChI is InChI=1S/C22H34ClN3O3S/c1-2-3-17-30(28,29)26-13-9-20(10-14-26)22(27)25-12-4-11-24(15-16-25)18-19-5-7-21(23)8-6-19/h5-8,20H,2-4,9-18H2,1H3. The summed E-state index contributed by atoms with van der Waals surface area (Å²) in [4.78, 5) is 17.4. The van der Waals surface area contributed by atoms with Gasteiger partial charge in [-0.15, -0.1) is 0 Å². The molecule has 1 amide bonds. The Morgan fingerprint density at radius 1 is 1.03 bits per heavy atom.